The lowest BCUT2D eigenvalue weighted by Crippen LogP contribution is -2.24. The molecule has 0 unspecified atom stereocenters. The van der Waals surface area contributed by atoms with E-state index >= 15 is 0 Å². The van der Waals surface area contributed by atoms with E-state index in [1.165, 1.54) is 24.1 Å². The lowest BCUT2D eigenvalue weighted by atomic mass is 10.2. The molecular formula is C12H20N4O3S. The Bertz CT molecular complexity index is 584. The van der Waals surface area contributed by atoms with Gasteiger partial charge < -0.3 is 16.0 Å². The van der Waals surface area contributed by atoms with Gasteiger partial charge in [0.25, 0.3) is 0 Å². The van der Waals surface area contributed by atoms with Crippen LogP contribution in [0.25, 0.3) is 0 Å². The van der Waals surface area contributed by atoms with E-state index in [1.807, 2.05) is 0 Å². The molecule has 1 aromatic rings. The van der Waals surface area contributed by atoms with Gasteiger partial charge in [-0.05, 0) is 25.2 Å². The number of nitrogens with two attached hydrogens (primary N) is 1. The third kappa shape index (κ3) is 4.10. The summed E-state index contributed by atoms with van der Waals surface area (Å²) in [5.41, 5.74) is 6.72. The molecule has 1 aromatic carbocycles. The van der Waals surface area contributed by atoms with Crippen LogP contribution in [-0.2, 0) is 14.8 Å². The molecule has 8 heteroatoms. The van der Waals surface area contributed by atoms with Crippen molar-refractivity contribution in [2.75, 3.05) is 38.7 Å². The van der Waals surface area contributed by atoms with Crippen molar-refractivity contribution < 1.29 is 13.2 Å². The summed E-state index contributed by atoms with van der Waals surface area (Å²) in [4.78, 5) is 13.0. The molecule has 0 heterocycles. The van der Waals surface area contributed by atoms with Gasteiger partial charge in [0, 0.05) is 27.1 Å². The zero-order valence-electron chi connectivity index (χ0n) is 11.8. The summed E-state index contributed by atoms with van der Waals surface area (Å²) in [6, 6.07) is 4.42. The van der Waals surface area contributed by atoms with Crippen LogP contribution in [0, 0.1) is 0 Å². The third-order valence-electron chi connectivity index (χ3n) is 2.76. The Morgan fingerprint density at radius 1 is 1.35 bits per heavy atom. The first-order valence-corrected chi connectivity index (χ1v) is 7.53. The van der Waals surface area contributed by atoms with Gasteiger partial charge in [0.15, 0.2) is 0 Å². The van der Waals surface area contributed by atoms with Gasteiger partial charge in [-0.3, -0.25) is 4.79 Å². The summed E-state index contributed by atoms with van der Waals surface area (Å²) in [5.74, 6) is 0.00505. The third-order valence-corrected chi connectivity index (χ3v) is 4.17. The Hall–Kier alpha value is -1.80. The minimum absolute atomic E-state index is 0.00505. The van der Waals surface area contributed by atoms with Crippen molar-refractivity contribution in [1.29, 1.82) is 0 Å². The molecule has 4 N–H and O–H groups in total. The highest BCUT2D eigenvalue weighted by Gasteiger charge is 2.13. The van der Waals surface area contributed by atoms with Crippen LogP contribution in [0.1, 0.15) is 6.42 Å². The molecule has 0 atom stereocenters. The number of anilines is 2. The number of nitrogens with one attached hydrogen (secondary N) is 2. The highest BCUT2D eigenvalue weighted by Crippen LogP contribution is 2.22. The standard InChI is InChI=1S/C12H20N4O3S/c1-14-20(18,19)9-4-5-11(10(13)8-9)15-7-6-12(17)16(2)3/h4-5,8,14-15H,6-7,13H2,1-3H3. The van der Waals surface area contributed by atoms with E-state index in [0.29, 0.717) is 24.3 Å². The maximum absolute atomic E-state index is 11.6. The molecule has 0 aliphatic heterocycles. The number of hydrogen-bond acceptors (Lipinski definition) is 5. The first-order valence-electron chi connectivity index (χ1n) is 6.05. The Morgan fingerprint density at radius 3 is 2.50 bits per heavy atom. The quantitative estimate of drug-likeness (QED) is 0.645. The van der Waals surface area contributed by atoms with Gasteiger partial charge in [0.2, 0.25) is 15.9 Å². The predicted octanol–water partition coefficient (Wildman–Crippen LogP) is 0.0671. The van der Waals surface area contributed by atoms with Gasteiger partial charge >= 0.3 is 0 Å². The summed E-state index contributed by atoms with van der Waals surface area (Å²) in [6.45, 7) is 0.430. The van der Waals surface area contributed by atoms with E-state index in [-0.39, 0.29) is 10.8 Å². The zero-order valence-corrected chi connectivity index (χ0v) is 12.6. The summed E-state index contributed by atoms with van der Waals surface area (Å²) in [5, 5.41) is 3.01. The number of nitrogen functional groups attached to an aromatic ring is 1. The molecule has 0 radical (unpaired) electrons. The van der Waals surface area contributed by atoms with Crippen molar-refractivity contribution in [3.05, 3.63) is 18.2 Å². The van der Waals surface area contributed by atoms with E-state index in [4.69, 9.17) is 5.73 Å². The average Bonchev–Trinajstić information content (AvgIpc) is 2.40. The smallest absolute Gasteiger partial charge is 0.240 e. The second-order valence-corrected chi connectivity index (χ2v) is 6.31. The Kier molecular flexibility index (Phi) is 5.34. The molecule has 0 fully saturated rings. The fourth-order valence-corrected chi connectivity index (χ4v) is 2.28. The number of amides is 1. The van der Waals surface area contributed by atoms with E-state index in [9.17, 15) is 13.2 Å². The Labute approximate surface area is 119 Å². The van der Waals surface area contributed by atoms with Crippen molar-refractivity contribution in [2.45, 2.75) is 11.3 Å². The summed E-state index contributed by atoms with van der Waals surface area (Å²) < 4.78 is 25.4. The molecular weight excluding hydrogens is 280 g/mol. The van der Waals surface area contributed by atoms with Gasteiger partial charge in [-0.1, -0.05) is 0 Å². The van der Waals surface area contributed by atoms with Gasteiger partial charge in [-0.2, -0.15) is 0 Å². The summed E-state index contributed by atoms with van der Waals surface area (Å²) in [7, 11) is 1.21. The van der Waals surface area contributed by atoms with Gasteiger partial charge in [0.1, 0.15) is 0 Å². The fourth-order valence-electron chi connectivity index (χ4n) is 1.51. The Morgan fingerprint density at radius 2 is 2.00 bits per heavy atom. The highest BCUT2D eigenvalue weighted by atomic mass is 32.2. The molecule has 7 nitrogen and oxygen atoms in total. The van der Waals surface area contributed by atoms with Gasteiger partial charge in [0.05, 0.1) is 16.3 Å². The molecule has 1 rings (SSSR count). The second-order valence-electron chi connectivity index (χ2n) is 4.42. The van der Waals surface area contributed by atoms with Crippen molar-refractivity contribution in [3.63, 3.8) is 0 Å². The van der Waals surface area contributed by atoms with E-state index < -0.39 is 10.0 Å². The SMILES string of the molecule is CNS(=O)(=O)c1ccc(NCCC(=O)N(C)C)c(N)c1. The van der Waals surface area contributed by atoms with Gasteiger partial charge in [-0.25, -0.2) is 13.1 Å². The van der Waals surface area contributed by atoms with Crippen LogP contribution in [0.2, 0.25) is 0 Å². The molecule has 20 heavy (non-hydrogen) atoms. The average molecular weight is 300 g/mol. The molecule has 1 amide bonds. The maximum Gasteiger partial charge on any atom is 0.240 e. The van der Waals surface area contributed by atoms with Crippen molar-refractivity contribution in [3.8, 4) is 0 Å². The highest BCUT2D eigenvalue weighted by molar-refractivity contribution is 7.89. The molecule has 0 aliphatic carbocycles. The number of carbonyl (C=O) groups excluding carboxylic acids is 1. The Balaban J connectivity index is 2.73. The van der Waals surface area contributed by atoms with Crippen LogP contribution in [-0.4, -0.2) is 46.9 Å². The number of carbonyl (C=O) groups is 1. The van der Waals surface area contributed by atoms with Crippen LogP contribution in [0.15, 0.2) is 23.1 Å². The number of benzene rings is 1. The van der Waals surface area contributed by atoms with Gasteiger partial charge in [-0.15, -0.1) is 0 Å². The van der Waals surface area contributed by atoms with Crippen LogP contribution < -0.4 is 15.8 Å². The lowest BCUT2D eigenvalue weighted by molar-refractivity contribution is -0.128. The fraction of sp³-hybridized carbons (Fsp3) is 0.417. The van der Waals surface area contributed by atoms with Crippen molar-refractivity contribution >= 4 is 27.3 Å². The molecule has 112 valence electrons. The van der Waals surface area contributed by atoms with E-state index in [1.54, 1.807) is 20.2 Å². The molecule has 0 aliphatic rings. The van der Waals surface area contributed by atoms with E-state index in [2.05, 4.69) is 10.0 Å². The number of nitrogens with zero attached hydrogens (tertiary/aromatic N) is 1. The van der Waals surface area contributed by atoms with Crippen molar-refractivity contribution in [2.24, 2.45) is 0 Å². The zero-order chi connectivity index (χ0) is 15.3. The molecule has 0 aromatic heterocycles. The minimum atomic E-state index is -3.50. The molecule has 0 bridgehead atoms. The van der Waals surface area contributed by atoms with Crippen LogP contribution in [0.5, 0.6) is 0 Å². The molecule has 0 spiro atoms. The van der Waals surface area contributed by atoms with Crippen molar-refractivity contribution in [1.82, 2.24) is 9.62 Å². The topological polar surface area (TPSA) is 105 Å². The second kappa shape index (κ2) is 6.58. The maximum atomic E-state index is 11.6. The number of hydrogen-bond donors (Lipinski definition) is 3. The monoisotopic (exact) mass is 300 g/mol. The number of sulfonamides is 1. The summed E-state index contributed by atoms with van der Waals surface area (Å²) in [6.07, 6.45) is 0.336. The van der Waals surface area contributed by atoms with Crippen LogP contribution in [0.3, 0.4) is 0 Å². The first-order chi connectivity index (χ1) is 9.27. The normalized spacial score (nSPS) is 11.2. The summed E-state index contributed by atoms with van der Waals surface area (Å²) >= 11 is 0. The lowest BCUT2D eigenvalue weighted by Gasteiger charge is -2.13. The largest absolute Gasteiger partial charge is 0.397 e. The predicted molar refractivity (Wildman–Crippen MR) is 78.9 cm³/mol. The van der Waals surface area contributed by atoms with Crippen LogP contribution in [0.4, 0.5) is 11.4 Å². The van der Waals surface area contributed by atoms with E-state index in [0.717, 1.165) is 0 Å². The van der Waals surface area contributed by atoms with Crippen LogP contribution >= 0.6 is 0 Å². The molecule has 0 saturated heterocycles. The number of rotatable bonds is 6. The molecule has 0 saturated carbocycles. The minimum Gasteiger partial charge on any atom is -0.397 e. The first kappa shape index (κ1) is 16.3.